The minimum absolute atomic E-state index is 0.125. The van der Waals surface area contributed by atoms with Gasteiger partial charge < -0.3 is 20.9 Å². The molecule has 3 aromatic carbocycles. The average Bonchev–Trinajstić information content (AvgIpc) is 3.44. The monoisotopic (exact) mass is 465 g/mol. The Morgan fingerprint density at radius 2 is 1.86 bits per heavy atom. The summed E-state index contributed by atoms with van der Waals surface area (Å²) in [7, 11) is 0. The first-order valence-electron chi connectivity index (χ1n) is 11.7. The van der Waals surface area contributed by atoms with Crippen LogP contribution in [0, 0.1) is 0 Å². The fraction of sp³-hybridized carbons (Fsp3) is 0.179. The van der Waals surface area contributed by atoms with E-state index in [0.29, 0.717) is 37.2 Å². The number of fused-ring (bicyclic) bond motifs is 1. The fourth-order valence-corrected chi connectivity index (χ4v) is 4.53. The van der Waals surface area contributed by atoms with E-state index in [1.165, 1.54) is 0 Å². The van der Waals surface area contributed by atoms with Gasteiger partial charge in [0, 0.05) is 42.5 Å². The highest BCUT2D eigenvalue weighted by Gasteiger charge is 2.34. The number of rotatable bonds is 7. The van der Waals surface area contributed by atoms with Gasteiger partial charge in [-0.25, -0.2) is 4.98 Å². The van der Waals surface area contributed by atoms with E-state index in [1.807, 2.05) is 79.0 Å². The number of amides is 2. The van der Waals surface area contributed by atoms with Crippen LogP contribution in [0.25, 0.3) is 11.3 Å². The van der Waals surface area contributed by atoms with Gasteiger partial charge in [0.15, 0.2) is 0 Å². The Morgan fingerprint density at radius 3 is 2.57 bits per heavy atom. The summed E-state index contributed by atoms with van der Waals surface area (Å²) in [5.41, 5.74) is 11.9. The first-order chi connectivity index (χ1) is 17.1. The summed E-state index contributed by atoms with van der Waals surface area (Å²) in [6.45, 7) is 0.909. The number of hydrogen-bond donors (Lipinski definition) is 3. The topological polar surface area (TPSA) is 104 Å². The molecular formula is C28H27N5O2. The van der Waals surface area contributed by atoms with E-state index in [0.717, 1.165) is 27.9 Å². The predicted octanol–water partition coefficient (Wildman–Crippen LogP) is 3.78. The van der Waals surface area contributed by atoms with Crippen molar-refractivity contribution in [3.05, 3.63) is 108 Å². The molecule has 4 aromatic rings. The van der Waals surface area contributed by atoms with Crippen LogP contribution in [-0.4, -0.2) is 39.3 Å². The summed E-state index contributed by atoms with van der Waals surface area (Å²) in [5.74, 6) is -0.337. The number of nitrogens with zero attached hydrogens (tertiary/aromatic N) is 2. The van der Waals surface area contributed by atoms with Crippen molar-refractivity contribution in [2.75, 3.05) is 11.9 Å². The Morgan fingerprint density at radius 1 is 1.06 bits per heavy atom. The third-order valence-electron chi connectivity index (χ3n) is 6.42. The van der Waals surface area contributed by atoms with Gasteiger partial charge in [0.05, 0.1) is 12.0 Å². The molecule has 35 heavy (non-hydrogen) atoms. The number of nitrogens with one attached hydrogen (secondary N) is 2. The van der Waals surface area contributed by atoms with Gasteiger partial charge in [-0.15, -0.1) is 0 Å². The minimum atomic E-state index is -0.641. The SMILES string of the molecule is NCc1ccc2c(c1)CCN([C@@H](Cc1ccccc1)C(=O)Nc1ccc(-c3c[nH]cn3)cc1)C2=O. The van der Waals surface area contributed by atoms with Crippen LogP contribution in [0.2, 0.25) is 0 Å². The van der Waals surface area contributed by atoms with E-state index in [9.17, 15) is 9.59 Å². The number of carbonyl (C=O) groups is 2. The molecule has 0 radical (unpaired) electrons. The van der Waals surface area contributed by atoms with Gasteiger partial charge in [-0.1, -0.05) is 54.6 Å². The van der Waals surface area contributed by atoms with E-state index in [2.05, 4.69) is 15.3 Å². The molecule has 5 rings (SSSR count). The smallest absolute Gasteiger partial charge is 0.254 e. The molecule has 0 saturated heterocycles. The highest BCUT2D eigenvalue weighted by Crippen LogP contribution is 2.25. The molecule has 7 nitrogen and oxygen atoms in total. The fourth-order valence-electron chi connectivity index (χ4n) is 4.53. The molecule has 1 atom stereocenters. The van der Waals surface area contributed by atoms with Gasteiger partial charge in [-0.05, 0) is 41.3 Å². The van der Waals surface area contributed by atoms with Crippen LogP contribution in [0.4, 0.5) is 5.69 Å². The van der Waals surface area contributed by atoms with Crippen LogP contribution in [0.5, 0.6) is 0 Å². The molecule has 7 heteroatoms. The second-order valence-electron chi connectivity index (χ2n) is 8.67. The van der Waals surface area contributed by atoms with Gasteiger partial charge >= 0.3 is 0 Å². The standard InChI is InChI=1S/C28H27N5O2/c29-16-20-6-11-24-22(14-20)12-13-33(28(24)35)26(15-19-4-2-1-3-5-19)27(34)32-23-9-7-21(8-10-23)25-17-30-18-31-25/h1-11,14,17-18,26H,12-13,15-16,29H2,(H,30,31)(H,32,34)/t26-/m0/s1. The number of anilines is 1. The summed E-state index contributed by atoms with van der Waals surface area (Å²) in [5, 5.41) is 3.02. The maximum absolute atomic E-state index is 13.5. The minimum Gasteiger partial charge on any atom is -0.351 e. The molecule has 0 saturated carbocycles. The number of carbonyl (C=O) groups excluding carboxylic acids is 2. The van der Waals surface area contributed by atoms with Gasteiger partial charge in [0.2, 0.25) is 5.91 Å². The first kappa shape index (κ1) is 22.6. The maximum Gasteiger partial charge on any atom is 0.254 e. The lowest BCUT2D eigenvalue weighted by Crippen LogP contribution is -2.51. The summed E-state index contributed by atoms with van der Waals surface area (Å²) in [6, 6.07) is 22.4. The normalized spacial score (nSPS) is 13.9. The van der Waals surface area contributed by atoms with E-state index < -0.39 is 6.04 Å². The molecule has 1 aliphatic heterocycles. The molecule has 176 valence electrons. The van der Waals surface area contributed by atoms with Crippen molar-refractivity contribution in [1.29, 1.82) is 0 Å². The van der Waals surface area contributed by atoms with E-state index in [4.69, 9.17) is 5.73 Å². The molecule has 0 spiro atoms. The lowest BCUT2D eigenvalue weighted by Gasteiger charge is -2.35. The summed E-state index contributed by atoms with van der Waals surface area (Å²) in [4.78, 5) is 35.9. The second-order valence-corrected chi connectivity index (χ2v) is 8.67. The second kappa shape index (κ2) is 9.95. The number of hydrogen-bond acceptors (Lipinski definition) is 4. The lowest BCUT2D eigenvalue weighted by molar-refractivity contribution is -0.120. The third kappa shape index (κ3) is 4.85. The van der Waals surface area contributed by atoms with Crippen LogP contribution in [0.15, 0.2) is 85.3 Å². The number of imidazole rings is 1. The maximum atomic E-state index is 13.5. The molecule has 2 amide bonds. The van der Waals surface area contributed by atoms with Crippen molar-refractivity contribution in [3.63, 3.8) is 0 Å². The molecule has 0 unspecified atom stereocenters. The lowest BCUT2D eigenvalue weighted by atomic mass is 9.94. The summed E-state index contributed by atoms with van der Waals surface area (Å²) < 4.78 is 0. The van der Waals surface area contributed by atoms with E-state index in [-0.39, 0.29) is 11.8 Å². The van der Waals surface area contributed by atoms with Crippen LogP contribution in [-0.2, 0) is 24.2 Å². The predicted molar refractivity (Wildman–Crippen MR) is 136 cm³/mol. The van der Waals surface area contributed by atoms with Crippen molar-refractivity contribution in [3.8, 4) is 11.3 Å². The molecular weight excluding hydrogens is 438 g/mol. The highest BCUT2D eigenvalue weighted by atomic mass is 16.2. The first-order valence-corrected chi connectivity index (χ1v) is 11.7. The van der Waals surface area contributed by atoms with Gasteiger partial charge in [-0.2, -0.15) is 0 Å². The molecule has 1 aliphatic rings. The van der Waals surface area contributed by atoms with Crippen LogP contribution in [0.3, 0.4) is 0 Å². The van der Waals surface area contributed by atoms with E-state index >= 15 is 0 Å². The zero-order chi connectivity index (χ0) is 24.2. The average molecular weight is 466 g/mol. The third-order valence-corrected chi connectivity index (χ3v) is 6.42. The zero-order valence-electron chi connectivity index (χ0n) is 19.3. The molecule has 4 N–H and O–H groups in total. The molecule has 0 fully saturated rings. The quantitative estimate of drug-likeness (QED) is 0.386. The largest absolute Gasteiger partial charge is 0.351 e. The Balaban J connectivity index is 1.39. The van der Waals surface area contributed by atoms with Crippen LogP contribution in [0.1, 0.15) is 27.0 Å². The number of aromatic nitrogens is 2. The van der Waals surface area contributed by atoms with Crippen molar-refractivity contribution in [2.45, 2.75) is 25.4 Å². The molecule has 0 aliphatic carbocycles. The van der Waals surface area contributed by atoms with Gasteiger partial charge in [-0.3, -0.25) is 9.59 Å². The van der Waals surface area contributed by atoms with Gasteiger partial charge in [0.1, 0.15) is 6.04 Å². The van der Waals surface area contributed by atoms with Crippen molar-refractivity contribution in [1.82, 2.24) is 14.9 Å². The molecule has 2 heterocycles. The highest BCUT2D eigenvalue weighted by molar-refractivity contribution is 6.02. The Labute approximate surface area is 204 Å². The number of H-pyrrole nitrogens is 1. The Bertz CT molecular complexity index is 1320. The van der Waals surface area contributed by atoms with Crippen molar-refractivity contribution < 1.29 is 9.59 Å². The Kier molecular flexibility index (Phi) is 6.41. The Hall–Kier alpha value is -4.23. The van der Waals surface area contributed by atoms with Crippen LogP contribution >= 0.6 is 0 Å². The number of nitrogens with two attached hydrogens (primary N) is 1. The van der Waals surface area contributed by atoms with Crippen molar-refractivity contribution >= 4 is 17.5 Å². The van der Waals surface area contributed by atoms with Crippen LogP contribution < -0.4 is 11.1 Å². The number of aromatic amines is 1. The molecule has 0 bridgehead atoms. The van der Waals surface area contributed by atoms with E-state index in [1.54, 1.807) is 11.2 Å². The molecule has 1 aromatic heterocycles. The zero-order valence-corrected chi connectivity index (χ0v) is 19.3. The van der Waals surface area contributed by atoms with Gasteiger partial charge in [0.25, 0.3) is 5.91 Å². The van der Waals surface area contributed by atoms with Crippen molar-refractivity contribution in [2.24, 2.45) is 5.73 Å². The number of benzene rings is 3. The summed E-state index contributed by atoms with van der Waals surface area (Å²) >= 11 is 0. The summed E-state index contributed by atoms with van der Waals surface area (Å²) in [6.07, 6.45) is 4.56.